The lowest BCUT2D eigenvalue weighted by Gasteiger charge is -2.23. The van der Waals surface area contributed by atoms with Gasteiger partial charge in [-0.15, -0.1) is 0 Å². The van der Waals surface area contributed by atoms with Crippen LogP contribution >= 0.6 is 11.6 Å². The fourth-order valence-electron chi connectivity index (χ4n) is 2.08. The third-order valence-corrected chi connectivity index (χ3v) is 3.46. The smallest absolute Gasteiger partial charge is 0.0686 e. The number of rotatable bonds is 7. The summed E-state index contributed by atoms with van der Waals surface area (Å²) in [4.78, 5) is 2.00. The van der Waals surface area contributed by atoms with Gasteiger partial charge in [0.15, 0.2) is 0 Å². The lowest BCUT2D eigenvalue weighted by atomic mass is 10.1. The highest BCUT2D eigenvalue weighted by atomic mass is 35.5. The molecule has 4 heteroatoms. The molecule has 19 heavy (non-hydrogen) atoms. The second-order valence-corrected chi connectivity index (χ2v) is 5.52. The highest BCUT2D eigenvalue weighted by molar-refractivity contribution is 6.31. The number of hydrogen-bond donors (Lipinski definition) is 2. The van der Waals surface area contributed by atoms with Gasteiger partial charge in [-0.05, 0) is 44.5 Å². The number of hydrogen-bond acceptors (Lipinski definition) is 3. The third-order valence-electron chi connectivity index (χ3n) is 3.13. The predicted molar refractivity (Wildman–Crippen MR) is 83.1 cm³/mol. The number of benzene rings is 1. The molecule has 0 aliphatic rings. The van der Waals surface area contributed by atoms with Crippen LogP contribution in [0.1, 0.15) is 38.8 Å². The molecule has 0 saturated carbocycles. The SMILES string of the molecule is CCCNC(C)c1ccc(N(C)CC(C)O)cc1Cl. The van der Waals surface area contributed by atoms with Crippen LogP contribution in [0.25, 0.3) is 0 Å². The number of nitrogens with zero attached hydrogens (tertiary/aromatic N) is 1. The van der Waals surface area contributed by atoms with Crippen LogP contribution in [0, 0.1) is 0 Å². The van der Waals surface area contributed by atoms with E-state index in [1.165, 1.54) is 0 Å². The van der Waals surface area contributed by atoms with Gasteiger partial charge in [-0.3, -0.25) is 0 Å². The van der Waals surface area contributed by atoms with Crippen molar-refractivity contribution in [3.05, 3.63) is 28.8 Å². The van der Waals surface area contributed by atoms with E-state index in [0.29, 0.717) is 6.54 Å². The van der Waals surface area contributed by atoms with Crippen LogP contribution in [0.3, 0.4) is 0 Å². The Labute approximate surface area is 121 Å². The van der Waals surface area contributed by atoms with Crippen LogP contribution in [-0.4, -0.2) is 31.3 Å². The van der Waals surface area contributed by atoms with Gasteiger partial charge in [0.1, 0.15) is 0 Å². The van der Waals surface area contributed by atoms with Crippen molar-refractivity contribution in [2.45, 2.75) is 39.3 Å². The van der Waals surface area contributed by atoms with Crippen LogP contribution in [-0.2, 0) is 0 Å². The molecule has 0 fully saturated rings. The predicted octanol–water partition coefficient (Wildman–Crippen LogP) is 3.22. The van der Waals surface area contributed by atoms with Crippen molar-refractivity contribution >= 4 is 17.3 Å². The zero-order chi connectivity index (χ0) is 14.4. The summed E-state index contributed by atoms with van der Waals surface area (Å²) in [6.45, 7) is 7.63. The first-order chi connectivity index (χ1) is 8.95. The first-order valence-electron chi connectivity index (χ1n) is 6.87. The van der Waals surface area contributed by atoms with E-state index >= 15 is 0 Å². The second kappa shape index (κ2) is 7.73. The quantitative estimate of drug-likeness (QED) is 0.807. The van der Waals surface area contributed by atoms with E-state index in [1.807, 2.05) is 24.1 Å². The minimum absolute atomic E-state index is 0.253. The van der Waals surface area contributed by atoms with Gasteiger partial charge in [0.05, 0.1) is 6.10 Å². The molecule has 0 bridgehead atoms. The minimum atomic E-state index is -0.353. The fourth-order valence-corrected chi connectivity index (χ4v) is 2.42. The van der Waals surface area contributed by atoms with Crippen molar-refractivity contribution in [2.24, 2.45) is 0 Å². The summed E-state index contributed by atoms with van der Waals surface area (Å²) >= 11 is 6.35. The zero-order valence-electron chi connectivity index (χ0n) is 12.3. The van der Waals surface area contributed by atoms with E-state index in [0.717, 1.165) is 29.2 Å². The Morgan fingerprint density at radius 3 is 2.58 bits per heavy atom. The third kappa shape index (κ3) is 5.01. The van der Waals surface area contributed by atoms with Crippen molar-refractivity contribution in [3.8, 4) is 0 Å². The van der Waals surface area contributed by atoms with Gasteiger partial charge in [0.25, 0.3) is 0 Å². The number of likely N-dealkylation sites (N-methyl/N-ethyl adjacent to an activating group) is 1. The Kier molecular flexibility index (Phi) is 6.63. The molecule has 0 amide bonds. The molecule has 2 unspecified atom stereocenters. The molecule has 0 aliphatic carbocycles. The van der Waals surface area contributed by atoms with Gasteiger partial charge in [-0.1, -0.05) is 24.6 Å². The summed E-state index contributed by atoms with van der Waals surface area (Å²) in [6.07, 6.45) is 0.755. The van der Waals surface area contributed by atoms with E-state index < -0.39 is 0 Å². The maximum Gasteiger partial charge on any atom is 0.0686 e. The van der Waals surface area contributed by atoms with Crippen molar-refractivity contribution in [1.29, 1.82) is 0 Å². The number of aliphatic hydroxyl groups is 1. The van der Waals surface area contributed by atoms with Crippen LogP contribution in [0.5, 0.6) is 0 Å². The van der Waals surface area contributed by atoms with Crippen molar-refractivity contribution < 1.29 is 5.11 Å². The molecule has 0 spiro atoms. The summed E-state index contributed by atoms with van der Waals surface area (Å²) in [7, 11) is 1.96. The molecule has 0 aromatic heterocycles. The minimum Gasteiger partial charge on any atom is -0.392 e. The van der Waals surface area contributed by atoms with E-state index in [1.54, 1.807) is 6.92 Å². The lowest BCUT2D eigenvalue weighted by Crippen LogP contribution is -2.27. The monoisotopic (exact) mass is 284 g/mol. The first kappa shape index (κ1) is 16.3. The van der Waals surface area contributed by atoms with Crippen LogP contribution in [0.2, 0.25) is 5.02 Å². The molecule has 0 aliphatic heterocycles. The molecular weight excluding hydrogens is 260 g/mol. The summed E-state index contributed by atoms with van der Waals surface area (Å²) in [6, 6.07) is 6.32. The molecule has 1 aromatic rings. The largest absolute Gasteiger partial charge is 0.392 e. The molecule has 1 aromatic carbocycles. The van der Waals surface area contributed by atoms with Gasteiger partial charge >= 0.3 is 0 Å². The number of aliphatic hydroxyl groups excluding tert-OH is 1. The zero-order valence-corrected chi connectivity index (χ0v) is 13.0. The van der Waals surface area contributed by atoms with Crippen molar-refractivity contribution in [1.82, 2.24) is 5.32 Å². The van der Waals surface area contributed by atoms with Gasteiger partial charge in [-0.25, -0.2) is 0 Å². The number of nitrogens with one attached hydrogen (secondary N) is 1. The molecule has 108 valence electrons. The fraction of sp³-hybridized carbons (Fsp3) is 0.600. The number of halogens is 1. The molecule has 2 N–H and O–H groups in total. The average molecular weight is 285 g/mol. The van der Waals surface area contributed by atoms with Gasteiger partial charge in [-0.2, -0.15) is 0 Å². The molecular formula is C15H25ClN2O. The molecule has 3 nitrogen and oxygen atoms in total. The molecule has 0 heterocycles. The maximum absolute atomic E-state index is 9.41. The maximum atomic E-state index is 9.41. The molecule has 0 saturated heterocycles. The Hall–Kier alpha value is -0.770. The average Bonchev–Trinajstić information content (AvgIpc) is 2.34. The number of anilines is 1. The Bertz CT molecular complexity index is 396. The van der Waals surface area contributed by atoms with E-state index in [2.05, 4.69) is 25.2 Å². The summed E-state index contributed by atoms with van der Waals surface area (Å²) in [5.41, 5.74) is 2.14. The molecule has 1 rings (SSSR count). The van der Waals surface area contributed by atoms with Crippen molar-refractivity contribution in [2.75, 3.05) is 25.0 Å². The highest BCUT2D eigenvalue weighted by Gasteiger charge is 2.11. The standard InChI is InChI=1S/C15H25ClN2O/c1-5-8-17-12(3)14-7-6-13(9-15(14)16)18(4)10-11(2)19/h6-7,9,11-12,17,19H,5,8,10H2,1-4H3. The van der Waals surface area contributed by atoms with E-state index in [9.17, 15) is 5.11 Å². The first-order valence-corrected chi connectivity index (χ1v) is 7.25. The van der Waals surface area contributed by atoms with Crippen LogP contribution < -0.4 is 10.2 Å². The Morgan fingerprint density at radius 2 is 2.05 bits per heavy atom. The van der Waals surface area contributed by atoms with E-state index in [4.69, 9.17) is 11.6 Å². The normalized spacial score (nSPS) is 14.2. The van der Waals surface area contributed by atoms with E-state index in [-0.39, 0.29) is 12.1 Å². The summed E-state index contributed by atoms with van der Waals surface area (Å²) < 4.78 is 0. The Morgan fingerprint density at radius 1 is 1.37 bits per heavy atom. The van der Waals surface area contributed by atoms with Gasteiger partial charge < -0.3 is 15.3 Å². The summed E-state index contributed by atoms with van der Waals surface area (Å²) in [5.74, 6) is 0. The van der Waals surface area contributed by atoms with Crippen LogP contribution in [0.4, 0.5) is 5.69 Å². The molecule has 2 atom stereocenters. The van der Waals surface area contributed by atoms with Gasteiger partial charge in [0.2, 0.25) is 0 Å². The summed E-state index contributed by atoms with van der Waals surface area (Å²) in [5, 5.41) is 13.6. The van der Waals surface area contributed by atoms with Gasteiger partial charge in [0, 0.05) is 30.3 Å². The highest BCUT2D eigenvalue weighted by Crippen LogP contribution is 2.27. The Balaban J connectivity index is 2.79. The lowest BCUT2D eigenvalue weighted by molar-refractivity contribution is 0.201. The molecule has 0 radical (unpaired) electrons. The second-order valence-electron chi connectivity index (χ2n) is 5.11. The van der Waals surface area contributed by atoms with Crippen LogP contribution in [0.15, 0.2) is 18.2 Å². The van der Waals surface area contributed by atoms with Crippen molar-refractivity contribution in [3.63, 3.8) is 0 Å². The topological polar surface area (TPSA) is 35.5 Å².